The third kappa shape index (κ3) is 5.65. The van der Waals surface area contributed by atoms with E-state index in [0.717, 1.165) is 18.5 Å². The molecule has 2 amide bonds. The molecule has 2 atom stereocenters. The number of hydrogen-bond acceptors (Lipinski definition) is 8. The van der Waals surface area contributed by atoms with Crippen molar-refractivity contribution in [3.8, 4) is 0 Å². The van der Waals surface area contributed by atoms with Gasteiger partial charge in [-0.1, -0.05) is 30.0 Å². The molecule has 2 aliphatic rings. The molecule has 0 aliphatic carbocycles. The van der Waals surface area contributed by atoms with E-state index in [2.05, 4.69) is 25.6 Å². The number of thioether (sulfide) groups is 1. The lowest BCUT2D eigenvalue weighted by molar-refractivity contribution is 0.0975. The molecule has 2 N–H and O–H groups in total. The quantitative estimate of drug-likeness (QED) is 0.321. The van der Waals surface area contributed by atoms with Gasteiger partial charge in [0.05, 0.1) is 25.1 Å². The van der Waals surface area contributed by atoms with Crippen LogP contribution in [0.4, 0.5) is 29.2 Å². The highest BCUT2D eigenvalue weighted by molar-refractivity contribution is 8.13. The fourth-order valence-electron chi connectivity index (χ4n) is 5.13. The van der Waals surface area contributed by atoms with Gasteiger partial charge >= 0.3 is 0 Å². The molecule has 1 saturated heterocycles. The van der Waals surface area contributed by atoms with Crippen molar-refractivity contribution < 1.29 is 27.2 Å². The van der Waals surface area contributed by atoms with E-state index in [1.165, 1.54) is 23.9 Å². The first-order valence-corrected chi connectivity index (χ1v) is 13.9. The Kier molecular flexibility index (Phi) is 7.52. The van der Waals surface area contributed by atoms with E-state index in [0.29, 0.717) is 30.1 Å². The molecular formula is C29H21F4N7O2S. The van der Waals surface area contributed by atoms with Gasteiger partial charge in [-0.05, 0) is 30.3 Å². The molecule has 218 valence electrons. The van der Waals surface area contributed by atoms with Gasteiger partial charge in [0.15, 0.2) is 22.5 Å². The number of hydrogen-bond donors (Lipinski definition) is 2. The van der Waals surface area contributed by atoms with E-state index in [9.17, 15) is 22.8 Å². The van der Waals surface area contributed by atoms with Crippen molar-refractivity contribution in [2.24, 2.45) is 10.9 Å². The van der Waals surface area contributed by atoms with Gasteiger partial charge in [0.2, 0.25) is 5.95 Å². The number of anilines is 2. The zero-order valence-corrected chi connectivity index (χ0v) is 22.9. The number of aromatic nitrogens is 3. The zero-order chi connectivity index (χ0) is 30.1. The topological polar surface area (TPSA) is 112 Å². The molecule has 4 aromatic rings. The van der Waals surface area contributed by atoms with Gasteiger partial charge in [0, 0.05) is 41.1 Å². The van der Waals surface area contributed by atoms with Crippen LogP contribution in [0.3, 0.4) is 0 Å². The number of nitrogens with one attached hydrogen (secondary N) is 2. The Morgan fingerprint density at radius 1 is 0.860 bits per heavy atom. The molecular weight excluding hydrogens is 586 g/mol. The normalized spacial score (nSPS) is 19.4. The second-order valence-electron chi connectivity index (χ2n) is 9.88. The van der Waals surface area contributed by atoms with Gasteiger partial charge in [0.25, 0.3) is 11.8 Å². The highest BCUT2D eigenvalue weighted by Crippen LogP contribution is 2.47. The summed E-state index contributed by atoms with van der Waals surface area (Å²) in [4.78, 5) is 44.0. The standard InChI is InChI=1S/C29H21F4N7O2S/c30-18-8-23(33)24(34-10-18)26(42)37-20-6-7-22(32)21(9-20)29-15-40(27-35-11-19(31)12-36-27)13-17(29)14-43-28(39-29)38-25(41)16-4-2-1-3-5-16/h1-12,17H,13-15H2,(H,37,42)(H,38,39,41). The average molecular weight is 608 g/mol. The number of nitrogens with zero attached hydrogens (tertiary/aromatic N) is 5. The smallest absolute Gasteiger partial charge is 0.277 e. The number of aliphatic imine (C=N–C) groups is 1. The zero-order valence-electron chi connectivity index (χ0n) is 22.1. The molecule has 9 nitrogen and oxygen atoms in total. The predicted octanol–water partition coefficient (Wildman–Crippen LogP) is 4.54. The van der Waals surface area contributed by atoms with Crippen LogP contribution in [0, 0.1) is 29.2 Å². The lowest BCUT2D eigenvalue weighted by Gasteiger charge is -2.35. The second-order valence-corrected chi connectivity index (χ2v) is 10.9. The van der Waals surface area contributed by atoms with Crippen LogP contribution < -0.4 is 15.5 Å². The number of pyridine rings is 1. The summed E-state index contributed by atoms with van der Waals surface area (Å²) < 4.78 is 56.7. The molecule has 0 spiro atoms. The van der Waals surface area contributed by atoms with Gasteiger partial charge < -0.3 is 15.5 Å². The molecule has 0 bridgehead atoms. The van der Waals surface area contributed by atoms with Gasteiger partial charge in [-0.25, -0.2) is 37.5 Å². The first-order chi connectivity index (χ1) is 20.7. The Balaban J connectivity index is 1.38. The van der Waals surface area contributed by atoms with E-state index in [1.54, 1.807) is 35.2 Å². The van der Waals surface area contributed by atoms with Crippen LogP contribution in [-0.4, -0.2) is 50.8 Å². The van der Waals surface area contributed by atoms with Crippen molar-refractivity contribution >= 4 is 40.4 Å². The van der Waals surface area contributed by atoms with Crippen LogP contribution in [0.2, 0.25) is 0 Å². The SMILES string of the molecule is O=C(NC1=NC2(c3cc(NC(=O)c4ncc(F)cc4F)ccc3F)CN(c3ncc(F)cn3)CC2CS1)c1ccccc1. The maximum absolute atomic E-state index is 15.7. The minimum absolute atomic E-state index is 0.0665. The van der Waals surface area contributed by atoms with Crippen molar-refractivity contribution in [3.05, 3.63) is 113 Å². The molecule has 2 aromatic carbocycles. The lowest BCUT2D eigenvalue weighted by Crippen LogP contribution is -2.43. The molecule has 14 heteroatoms. The van der Waals surface area contributed by atoms with Crippen molar-refractivity contribution in [1.29, 1.82) is 0 Å². The van der Waals surface area contributed by atoms with E-state index >= 15 is 4.39 Å². The Labute approximate surface area is 246 Å². The number of benzene rings is 2. The molecule has 43 heavy (non-hydrogen) atoms. The summed E-state index contributed by atoms with van der Waals surface area (Å²) in [7, 11) is 0. The minimum Gasteiger partial charge on any atom is -0.338 e. The van der Waals surface area contributed by atoms with E-state index < -0.39 is 46.3 Å². The van der Waals surface area contributed by atoms with Crippen molar-refractivity contribution in [2.75, 3.05) is 29.1 Å². The number of rotatable bonds is 5. The van der Waals surface area contributed by atoms with Gasteiger partial charge in [-0.3, -0.25) is 9.59 Å². The molecule has 0 radical (unpaired) electrons. The first kappa shape index (κ1) is 28.3. The number of fused-ring (bicyclic) bond motifs is 1. The van der Waals surface area contributed by atoms with Crippen LogP contribution in [-0.2, 0) is 5.54 Å². The molecule has 2 unspecified atom stereocenters. The highest BCUT2D eigenvalue weighted by atomic mass is 32.2. The number of carbonyl (C=O) groups excluding carboxylic acids is 2. The maximum Gasteiger partial charge on any atom is 0.277 e. The monoisotopic (exact) mass is 607 g/mol. The third-order valence-electron chi connectivity index (χ3n) is 7.13. The Hall–Kier alpha value is -4.85. The number of amides is 2. The summed E-state index contributed by atoms with van der Waals surface area (Å²) >= 11 is 1.29. The van der Waals surface area contributed by atoms with Crippen molar-refractivity contribution in [2.45, 2.75) is 5.54 Å². The molecule has 2 aliphatic heterocycles. The average Bonchev–Trinajstić information content (AvgIpc) is 3.38. The van der Waals surface area contributed by atoms with Crippen LogP contribution in [0.25, 0.3) is 0 Å². The number of carbonyl (C=O) groups is 2. The third-order valence-corrected chi connectivity index (χ3v) is 8.17. The van der Waals surface area contributed by atoms with Gasteiger partial charge in [0.1, 0.15) is 17.2 Å². The Morgan fingerprint density at radius 3 is 2.35 bits per heavy atom. The molecule has 1 fully saturated rings. The van der Waals surface area contributed by atoms with Crippen molar-refractivity contribution in [3.63, 3.8) is 0 Å². The Morgan fingerprint density at radius 2 is 1.60 bits per heavy atom. The summed E-state index contributed by atoms with van der Waals surface area (Å²) in [5.74, 6) is -4.39. The molecule has 6 rings (SSSR count). The fraction of sp³-hybridized carbons (Fsp3) is 0.172. The lowest BCUT2D eigenvalue weighted by atomic mass is 9.81. The van der Waals surface area contributed by atoms with Crippen LogP contribution in [0.5, 0.6) is 0 Å². The van der Waals surface area contributed by atoms with Crippen LogP contribution in [0.1, 0.15) is 26.4 Å². The second kappa shape index (κ2) is 11.4. The summed E-state index contributed by atoms with van der Waals surface area (Å²) in [5, 5.41) is 5.55. The summed E-state index contributed by atoms with van der Waals surface area (Å²) in [6.07, 6.45) is 2.77. The fourth-order valence-corrected chi connectivity index (χ4v) is 6.26. The summed E-state index contributed by atoms with van der Waals surface area (Å²) in [6, 6.07) is 12.9. The van der Waals surface area contributed by atoms with E-state index in [1.807, 2.05) is 0 Å². The maximum atomic E-state index is 15.7. The van der Waals surface area contributed by atoms with Gasteiger partial charge in [-0.2, -0.15) is 0 Å². The molecule has 0 saturated carbocycles. The van der Waals surface area contributed by atoms with Crippen molar-refractivity contribution in [1.82, 2.24) is 20.3 Å². The van der Waals surface area contributed by atoms with Gasteiger partial charge in [-0.15, -0.1) is 0 Å². The predicted molar refractivity (Wildman–Crippen MR) is 152 cm³/mol. The van der Waals surface area contributed by atoms with Crippen LogP contribution >= 0.6 is 11.8 Å². The highest BCUT2D eigenvalue weighted by Gasteiger charge is 2.52. The number of halogens is 4. The van der Waals surface area contributed by atoms with Crippen LogP contribution in [0.15, 0.2) is 78.2 Å². The summed E-state index contributed by atoms with van der Waals surface area (Å²) in [6.45, 7) is 0.403. The van der Waals surface area contributed by atoms with E-state index in [-0.39, 0.29) is 34.8 Å². The largest absolute Gasteiger partial charge is 0.338 e. The minimum atomic E-state index is -1.29. The molecule has 4 heterocycles. The Bertz CT molecular complexity index is 1740. The first-order valence-electron chi connectivity index (χ1n) is 13.0. The molecule has 2 aromatic heterocycles. The van der Waals surface area contributed by atoms with E-state index in [4.69, 9.17) is 4.99 Å². The summed E-state index contributed by atoms with van der Waals surface area (Å²) in [5.41, 5.74) is -1.31. The number of amidine groups is 1.